The number of hydrogen-bond donors (Lipinski definition) is 1. The van der Waals surface area contributed by atoms with Gasteiger partial charge in [-0.2, -0.15) is 0 Å². The van der Waals surface area contributed by atoms with Gasteiger partial charge in [-0.15, -0.1) is 0 Å². The maximum atomic E-state index is 11.0. The molecule has 0 amide bonds. The van der Waals surface area contributed by atoms with E-state index in [9.17, 15) is 4.79 Å². The van der Waals surface area contributed by atoms with Crippen LogP contribution in [0.2, 0.25) is 0 Å². The lowest BCUT2D eigenvalue weighted by atomic mass is 9.97. The summed E-state index contributed by atoms with van der Waals surface area (Å²) in [6.07, 6.45) is 0.832. The Balaban J connectivity index is 2.47. The number of ether oxygens (including phenoxy) is 2. The molecular weight excluding hydrogens is 208 g/mol. The third-order valence-corrected chi connectivity index (χ3v) is 2.88. The normalized spacial score (nSPS) is 15.1. The number of rotatable bonds is 3. The fourth-order valence-corrected chi connectivity index (χ4v) is 1.87. The van der Waals surface area contributed by atoms with Crippen molar-refractivity contribution < 1.29 is 19.4 Å². The zero-order chi connectivity index (χ0) is 11.7. The topological polar surface area (TPSA) is 55.8 Å². The molecule has 4 nitrogen and oxygen atoms in total. The molecule has 1 aromatic carbocycles. The van der Waals surface area contributed by atoms with Gasteiger partial charge >= 0.3 is 5.97 Å². The second kappa shape index (κ2) is 4.04. The SMILES string of the molecule is COc1cc2c(cc1C(C)C(=O)O)CCO2. The molecule has 0 aliphatic carbocycles. The Hall–Kier alpha value is -1.71. The Bertz CT molecular complexity index is 425. The van der Waals surface area contributed by atoms with Gasteiger partial charge in [0, 0.05) is 18.1 Å². The van der Waals surface area contributed by atoms with E-state index in [1.165, 1.54) is 7.11 Å². The lowest BCUT2D eigenvalue weighted by Crippen LogP contribution is -2.09. The molecule has 1 aliphatic heterocycles. The molecule has 2 rings (SSSR count). The number of methoxy groups -OCH3 is 1. The van der Waals surface area contributed by atoms with Gasteiger partial charge in [0.2, 0.25) is 0 Å². The second-order valence-corrected chi connectivity index (χ2v) is 3.86. The highest BCUT2D eigenvalue weighted by Crippen LogP contribution is 2.36. The fourth-order valence-electron chi connectivity index (χ4n) is 1.87. The first-order valence-electron chi connectivity index (χ1n) is 5.20. The van der Waals surface area contributed by atoms with Crippen molar-refractivity contribution in [2.24, 2.45) is 0 Å². The average Bonchev–Trinajstić information content (AvgIpc) is 2.72. The van der Waals surface area contributed by atoms with Crippen LogP contribution in [0.15, 0.2) is 12.1 Å². The van der Waals surface area contributed by atoms with Crippen molar-refractivity contribution in [3.05, 3.63) is 23.3 Å². The van der Waals surface area contributed by atoms with Crippen LogP contribution in [0.1, 0.15) is 24.0 Å². The summed E-state index contributed by atoms with van der Waals surface area (Å²) >= 11 is 0. The summed E-state index contributed by atoms with van der Waals surface area (Å²) in [7, 11) is 1.54. The number of carboxylic acids is 1. The Morgan fingerprint density at radius 1 is 1.56 bits per heavy atom. The van der Waals surface area contributed by atoms with Gasteiger partial charge in [-0.05, 0) is 18.6 Å². The van der Waals surface area contributed by atoms with E-state index < -0.39 is 11.9 Å². The van der Waals surface area contributed by atoms with Crippen molar-refractivity contribution in [2.75, 3.05) is 13.7 Å². The molecule has 1 heterocycles. The highest BCUT2D eigenvalue weighted by Gasteiger charge is 2.23. The largest absolute Gasteiger partial charge is 0.496 e. The summed E-state index contributed by atoms with van der Waals surface area (Å²) in [4.78, 5) is 11.0. The zero-order valence-electron chi connectivity index (χ0n) is 9.32. The van der Waals surface area contributed by atoms with Crippen molar-refractivity contribution in [3.63, 3.8) is 0 Å². The van der Waals surface area contributed by atoms with Gasteiger partial charge in [-0.25, -0.2) is 0 Å². The van der Waals surface area contributed by atoms with Crippen molar-refractivity contribution in [3.8, 4) is 11.5 Å². The molecule has 86 valence electrons. The standard InChI is InChI=1S/C12H14O4/c1-7(12(13)14)9-5-8-3-4-16-10(8)6-11(9)15-2/h5-7H,3-4H2,1-2H3,(H,13,14). The van der Waals surface area contributed by atoms with E-state index in [-0.39, 0.29) is 0 Å². The Morgan fingerprint density at radius 3 is 2.94 bits per heavy atom. The van der Waals surface area contributed by atoms with Gasteiger partial charge in [-0.1, -0.05) is 0 Å². The van der Waals surface area contributed by atoms with E-state index in [4.69, 9.17) is 14.6 Å². The molecule has 0 radical (unpaired) electrons. The molecule has 0 saturated carbocycles. The van der Waals surface area contributed by atoms with Gasteiger partial charge in [0.05, 0.1) is 19.6 Å². The van der Waals surface area contributed by atoms with Crippen molar-refractivity contribution in [1.82, 2.24) is 0 Å². The number of hydrogen-bond acceptors (Lipinski definition) is 3. The van der Waals surface area contributed by atoms with Gasteiger partial charge in [0.25, 0.3) is 0 Å². The fraction of sp³-hybridized carbons (Fsp3) is 0.417. The van der Waals surface area contributed by atoms with Crippen LogP contribution in [-0.4, -0.2) is 24.8 Å². The van der Waals surface area contributed by atoms with Gasteiger partial charge in [0.15, 0.2) is 0 Å². The summed E-state index contributed by atoms with van der Waals surface area (Å²) in [6, 6.07) is 3.65. The summed E-state index contributed by atoms with van der Waals surface area (Å²) in [5, 5.41) is 9.02. The summed E-state index contributed by atoms with van der Waals surface area (Å²) < 4.78 is 10.6. The Morgan fingerprint density at radius 2 is 2.31 bits per heavy atom. The molecule has 1 N–H and O–H groups in total. The molecule has 0 bridgehead atoms. The van der Waals surface area contributed by atoms with Crippen molar-refractivity contribution in [1.29, 1.82) is 0 Å². The summed E-state index contributed by atoms with van der Waals surface area (Å²) in [5.74, 6) is -0.0354. The number of aliphatic carboxylic acids is 1. The highest BCUT2D eigenvalue weighted by molar-refractivity contribution is 5.77. The molecule has 1 unspecified atom stereocenters. The quantitative estimate of drug-likeness (QED) is 0.847. The third-order valence-electron chi connectivity index (χ3n) is 2.88. The average molecular weight is 222 g/mol. The number of benzene rings is 1. The highest BCUT2D eigenvalue weighted by atomic mass is 16.5. The van der Waals surface area contributed by atoms with Gasteiger partial charge < -0.3 is 14.6 Å². The van der Waals surface area contributed by atoms with E-state index in [0.29, 0.717) is 17.9 Å². The molecular formula is C12H14O4. The van der Waals surface area contributed by atoms with Crippen LogP contribution < -0.4 is 9.47 Å². The summed E-state index contributed by atoms with van der Waals surface area (Å²) in [6.45, 7) is 2.31. The smallest absolute Gasteiger partial charge is 0.310 e. The van der Waals surface area contributed by atoms with E-state index in [2.05, 4.69) is 0 Å². The van der Waals surface area contributed by atoms with Crippen LogP contribution in [-0.2, 0) is 11.2 Å². The summed E-state index contributed by atoms with van der Waals surface area (Å²) in [5.41, 5.74) is 1.77. The number of carbonyl (C=O) groups is 1. The van der Waals surface area contributed by atoms with Crippen molar-refractivity contribution in [2.45, 2.75) is 19.3 Å². The van der Waals surface area contributed by atoms with Crippen LogP contribution in [0.3, 0.4) is 0 Å². The predicted molar refractivity (Wildman–Crippen MR) is 58.2 cm³/mol. The molecule has 0 fully saturated rings. The van der Waals surface area contributed by atoms with Crippen LogP contribution in [0.25, 0.3) is 0 Å². The van der Waals surface area contributed by atoms with E-state index in [0.717, 1.165) is 17.7 Å². The van der Waals surface area contributed by atoms with Crippen molar-refractivity contribution >= 4 is 5.97 Å². The first kappa shape index (κ1) is 10.8. The monoisotopic (exact) mass is 222 g/mol. The zero-order valence-corrected chi connectivity index (χ0v) is 9.32. The van der Waals surface area contributed by atoms with E-state index >= 15 is 0 Å². The molecule has 1 aromatic rings. The van der Waals surface area contributed by atoms with Gasteiger partial charge in [-0.3, -0.25) is 4.79 Å². The minimum atomic E-state index is -0.850. The predicted octanol–water partition coefficient (Wildman–Crippen LogP) is 1.82. The minimum Gasteiger partial charge on any atom is -0.496 e. The maximum Gasteiger partial charge on any atom is 0.310 e. The van der Waals surface area contributed by atoms with Crippen LogP contribution in [0.4, 0.5) is 0 Å². The maximum absolute atomic E-state index is 11.0. The Labute approximate surface area is 93.8 Å². The molecule has 4 heteroatoms. The first-order chi connectivity index (χ1) is 7.63. The van der Waals surface area contributed by atoms with Crippen LogP contribution in [0.5, 0.6) is 11.5 Å². The molecule has 0 spiro atoms. The third kappa shape index (κ3) is 1.71. The van der Waals surface area contributed by atoms with Crippen LogP contribution >= 0.6 is 0 Å². The minimum absolute atomic E-state index is 0.569. The first-order valence-corrected chi connectivity index (χ1v) is 5.20. The molecule has 0 saturated heterocycles. The lowest BCUT2D eigenvalue weighted by Gasteiger charge is -2.13. The van der Waals surface area contributed by atoms with E-state index in [1.807, 2.05) is 6.07 Å². The second-order valence-electron chi connectivity index (χ2n) is 3.86. The molecule has 1 atom stereocenters. The number of fused-ring (bicyclic) bond motifs is 1. The van der Waals surface area contributed by atoms with Gasteiger partial charge in [0.1, 0.15) is 11.5 Å². The molecule has 1 aliphatic rings. The Kier molecular flexibility index (Phi) is 2.73. The molecule has 16 heavy (non-hydrogen) atoms. The number of carboxylic acid groups (broad SMARTS) is 1. The van der Waals surface area contributed by atoms with Crippen LogP contribution in [0, 0.1) is 0 Å². The molecule has 0 aromatic heterocycles. The lowest BCUT2D eigenvalue weighted by molar-refractivity contribution is -0.138. The van der Waals surface area contributed by atoms with E-state index in [1.54, 1.807) is 13.0 Å².